The first-order valence-corrected chi connectivity index (χ1v) is 4.75. The molecule has 1 rings (SSSR count). The second-order valence-corrected chi connectivity index (χ2v) is 2.93. The van der Waals surface area contributed by atoms with E-state index in [0.717, 1.165) is 0 Å². The van der Waals surface area contributed by atoms with Crippen molar-refractivity contribution in [3.63, 3.8) is 0 Å². The summed E-state index contributed by atoms with van der Waals surface area (Å²) in [6.07, 6.45) is 4.30. The fraction of sp³-hybridized carbons (Fsp3) is 0.300. The van der Waals surface area contributed by atoms with E-state index in [2.05, 4.69) is 15.2 Å². The number of allylic oxidation sites excluding steroid dienone is 1. The fourth-order valence-corrected chi connectivity index (χ4v) is 0.956. The molecule has 0 aliphatic heterocycles. The molecule has 0 aliphatic carbocycles. The molecule has 1 heterocycles. The van der Waals surface area contributed by atoms with Gasteiger partial charge < -0.3 is 9.84 Å². The molecule has 6 heteroatoms. The van der Waals surface area contributed by atoms with Crippen molar-refractivity contribution in [2.75, 3.05) is 6.61 Å². The highest BCUT2D eigenvalue weighted by molar-refractivity contribution is 6.10. The van der Waals surface area contributed by atoms with Gasteiger partial charge in [0.2, 0.25) is 0 Å². The van der Waals surface area contributed by atoms with Crippen molar-refractivity contribution in [2.45, 2.75) is 13.8 Å². The third-order valence-corrected chi connectivity index (χ3v) is 1.71. The van der Waals surface area contributed by atoms with E-state index in [1.807, 2.05) is 0 Å². The summed E-state index contributed by atoms with van der Waals surface area (Å²) in [4.78, 5) is 15.3. The molecule has 2 N–H and O–H groups in total. The number of aliphatic imine (C=N–C) groups is 1. The van der Waals surface area contributed by atoms with Crippen molar-refractivity contribution in [1.29, 1.82) is 0 Å². The van der Waals surface area contributed by atoms with Gasteiger partial charge in [-0.1, -0.05) is 0 Å². The molecule has 0 saturated carbocycles. The number of esters is 1. The molecule has 0 spiro atoms. The van der Waals surface area contributed by atoms with Crippen LogP contribution in [0.15, 0.2) is 28.7 Å². The summed E-state index contributed by atoms with van der Waals surface area (Å²) in [6, 6.07) is 0. The minimum absolute atomic E-state index is 0.0306. The molecule has 0 aromatic carbocycles. The standard InChI is InChI=1S/C10H13N3O3/c1-3-16-10(15)9(7(2)14)6-11-8-4-12-13-5-8/h4-6,14H,3H2,1-2H3,(H,12,13). The van der Waals surface area contributed by atoms with Crippen LogP contribution in [-0.2, 0) is 9.53 Å². The molecular weight excluding hydrogens is 210 g/mol. The van der Waals surface area contributed by atoms with E-state index in [1.165, 1.54) is 19.3 Å². The number of nitrogens with zero attached hydrogens (tertiary/aromatic N) is 2. The van der Waals surface area contributed by atoms with Crippen LogP contribution in [0.5, 0.6) is 0 Å². The Kier molecular flexibility index (Phi) is 4.26. The zero-order chi connectivity index (χ0) is 12.0. The maximum atomic E-state index is 11.4. The molecule has 0 radical (unpaired) electrons. The van der Waals surface area contributed by atoms with E-state index < -0.39 is 5.97 Å². The number of hydrogen-bond donors (Lipinski definition) is 2. The van der Waals surface area contributed by atoms with E-state index in [0.29, 0.717) is 5.69 Å². The number of nitrogens with one attached hydrogen (secondary N) is 1. The Morgan fingerprint density at radius 2 is 2.50 bits per heavy atom. The van der Waals surface area contributed by atoms with Crippen molar-refractivity contribution >= 4 is 17.9 Å². The Hall–Kier alpha value is -2.11. The molecule has 86 valence electrons. The van der Waals surface area contributed by atoms with E-state index in [9.17, 15) is 9.90 Å². The topological polar surface area (TPSA) is 87.6 Å². The minimum Gasteiger partial charge on any atom is -0.512 e. The van der Waals surface area contributed by atoms with Crippen LogP contribution in [0.2, 0.25) is 0 Å². The predicted molar refractivity (Wildman–Crippen MR) is 58.7 cm³/mol. The average molecular weight is 223 g/mol. The molecule has 16 heavy (non-hydrogen) atoms. The van der Waals surface area contributed by atoms with Crippen LogP contribution in [0.3, 0.4) is 0 Å². The number of aliphatic hydroxyl groups is 1. The molecule has 0 fully saturated rings. The number of rotatable bonds is 4. The highest BCUT2D eigenvalue weighted by atomic mass is 16.5. The highest BCUT2D eigenvalue weighted by Crippen LogP contribution is 2.08. The number of carbonyl (C=O) groups is 1. The van der Waals surface area contributed by atoms with Gasteiger partial charge in [-0.3, -0.25) is 10.1 Å². The van der Waals surface area contributed by atoms with Gasteiger partial charge in [-0.25, -0.2) is 4.79 Å². The number of aliphatic hydroxyl groups excluding tert-OH is 1. The second kappa shape index (κ2) is 5.69. The van der Waals surface area contributed by atoms with Crippen LogP contribution in [0.4, 0.5) is 5.69 Å². The van der Waals surface area contributed by atoms with Gasteiger partial charge >= 0.3 is 5.97 Å². The Labute approximate surface area is 92.7 Å². The van der Waals surface area contributed by atoms with Gasteiger partial charge in [0, 0.05) is 12.4 Å². The smallest absolute Gasteiger partial charge is 0.343 e. The molecule has 0 atom stereocenters. The Balaban J connectivity index is 2.82. The summed E-state index contributed by atoms with van der Waals surface area (Å²) in [6.45, 7) is 3.33. The first-order valence-electron chi connectivity index (χ1n) is 4.75. The largest absolute Gasteiger partial charge is 0.512 e. The molecule has 0 aliphatic rings. The van der Waals surface area contributed by atoms with Crippen LogP contribution in [0.1, 0.15) is 13.8 Å². The number of aromatic amines is 1. The molecule has 1 aromatic rings. The monoisotopic (exact) mass is 223 g/mol. The van der Waals surface area contributed by atoms with Gasteiger partial charge in [0.25, 0.3) is 0 Å². The van der Waals surface area contributed by atoms with Gasteiger partial charge in [-0.2, -0.15) is 5.10 Å². The van der Waals surface area contributed by atoms with Crippen molar-refractivity contribution in [1.82, 2.24) is 10.2 Å². The van der Waals surface area contributed by atoms with E-state index >= 15 is 0 Å². The van der Waals surface area contributed by atoms with Gasteiger partial charge in [-0.15, -0.1) is 0 Å². The molecule has 0 saturated heterocycles. The van der Waals surface area contributed by atoms with Gasteiger partial charge in [-0.05, 0) is 13.8 Å². The van der Waals surface area contributed by atoms with Crippen LogP contribution in [0, 0.1) is 0 Å². The Bertz CT molecular complexity index is 403. The summed E-state index contributed by atoms with van der Waals surface area (Å²) in [5.41, 5.74) is 0.589. The summed E-state index contributed by atoms with van der Waals surface area (Å²) in [5, 5.41) is 15.6. The van der Waals surface area contributed by atoms with E-state index in [4.69, 9.17) is 4.74 Å². The summed E-state index contributed by atoms with van der Waals surface area (Å²) >= 11 is 0. The van der Waals surface area contributed by atoms with Crippen LogP contribution in [-0.4, -0.2) is 34.1 Å². The lowest BCUT2D eigenvalue weighted by Gasteiger charge is -2.02. The number of carbonyl (C=O) groups excluding carboxylic acids is 1. The zero-order valence-corrected chi connectivity index (χ0v) is 9.10. The fourth-order valence-electron chi connectivity index (χ4n) is 0.956. The first-order chi connectivity index (χ1) is 7.65. The predicted octanol–water partition coefficient (Wildman–Crippen LogP) is 1.51. The molecule has 0 unspecified atom stereocenters. The van der Waals surface area contributed by atoms with E-state index in [-0.39, 0.29) is 17.9 Å². The molecular formula is C10H13N3O3. The van der Waals surface area contributed by atoms with Gasteiger partial charge in [0.15, 0.2) is 0 Å². The lowest BCUT2D eigenvalue weighted by Crippen LogP contribution is -2.10. The number of H-pyrrole nitrogens is 1. The summed E-state index contributed by atoms with van der Waals surface area (Å²) in [5.74, 6) is -0.736. The van der Waals surface area contributed by atoms with Crippen molar-refractivity contribution in [3.8, 4) is 0 Å². The minimum atomic E-state index is -0.602. The van der Waals surface area contributed by atoms with E-state index in [1.54, 1.807) is 13.1 Å². The van der Waals surface area contributed by atoms with Crippen LogP contribution < -0.4 is 0 Å². The molecule has 0 bridgehead atoms. The quantitative estimate of drug-likeness (QED) is 0.350. The number of aromatic nitrogens is 2. The van der Waals surface area contributed by atoms with Crippen LogP contribution >= 0.6 is 0 Å². The maximum absolute atomic E-state index is 11.4. The van der Waals surface area contributed by atoms with Crippen molar-refractivity contribution in [3.05, 3.63) is 23.7 Å². The number of hydrogen-bond acceptors (Lipinski definition) is 5. The second-order valence-electron chi connectivity index (χ2n) is 2.93. The van der Waals surface area contributed by atoms with Crippen LogP contribution in [0.25, 0.3) is 0 Å². The summed E-state index contributed by atoms with van der Waals surface area (Å²) in [7, 11) is 0. The van der Waals surface area contributed by atoms with Gasteiger partial charge in [0.1, 0.15) is 17.0 Å². The number of ether oxygens (including phenoxy) is 1. The normalized spacial score (nSPS) is 12.6. The lowest BCUT2D eigenvalue weighted by atomic mass is 10.2. The highest BCUT2D eigenvalue weighted by Gasteiger charge is 2.11. The first kappa shape index (κ1) is 12.0. The lowest BCUT2D eigenvalue weighted by molar-refractivity contribution is -0.138. The SMILES string of the molecule is CCOC(=O)C(C=Nc1cn[nH]c1)=C(C)O. The van der Waals surface area contributed by atoms with Crippen molar-refractivity contribution in [2.24, 2.45) is 4.99 Å². The molecule has 1 aromatic heterocycles. The Morgan fingerprint density at radius 3 is 3.00 bits per heavy atom. The average Bonchev–Trinajstić information content (AvgIpc) is 2.70. The molecule has 0 amide bonds. The third kappa shape index (κ3) is 3.23. The van der Waals surface area contributed by atoms with Gasteiger partial charge in [0.05, 0.1) is 12.8 Å². The summed E-state index contributed by atoms with van der Waals surface area (Å²) < 4.78 is 4.76. The van der Waals surface area contributed by atoms with Crippen molar-refractivity contribution < 1.29 is 14.6 Å². The zero-order valence-electron chi connectivity index (χ0n) is 9.10. The third-order valence-electron chi connectivity index (χ3n) is 1.71. The maximum Gasteiger partial charge on any atom is 0.343 e. The molecule has 6 nitrogen and oxygen atoms in total. The Morgan fingerprint density at radius 1 is 1.75 bits per heavy atom.